The van der Waals surface area contributed by atoms with E-state index < -0.39 is 4.92 Å². The van der Waals surface area contributed by atoms with Crippen molar-refractivity contribution in [1.29, 1.82) is 0 Å². The molecule has 2 rings (SSSR count). The third-order valence-corrected chi connectivity index (χ3v) is 2.78. The minimum Gasteiger partial charge on any atom is -0.383 e. The minimum atomic E-state index is -0.397. The molecule has 0 unspecified atom stereocenters. The van der Waals surface area contributed by atoms with Crippen LogP contribution in [-0.4, -0.2) is 28.4 Å². The molecule has 0 amide bonds. The normalized spacial score (nSPS) is 10.4. The molecule has 0 fully saturated rings. The van der Waals surface area contributed by atoms with E-state index in [0.717, 1.165) is 11.3 Å². The number of nitro groups is 1. The summed E-state index contributed by atoms with van der Waals surface area (Å²) >= 11 is 0. The second-order valence-electron chi connectivity index (χ2n) is 4.27. The van der Waals surface area contributed by atoms with Crippen molar-refractivity contribution >= 4 is 11.4 Å². The molecule has 1 aromatic heterocycles. The van der Waals surface area contributed by atoms with Crippen molar-refractivity contribution in [3.05, 3.63) is 52.3 Å². The number of nitro benzene ring substituents is 1. The molecule has 2 aromatic rings. The fourth-order valence-electron chi connectivity index (χ4n) is 1.75. The van der Waals surface area contributed by atoms with Crippen molar-refractivity contribution in [2.45, 2.75) is 13.1 Å². The Morgan fingerprint density at radius 3 is 3.10 bits per heavy atom. The quantitative estimate of drug-likeness (QED) is 0.618. The Morgan fingerprint density at radius 1 is 1.50 bits per heavy atom. The topological polar surface area (TPSA) is 82.2 Å². The molecule has 1 N–H and O–H groups in total. The maximum absolute atomic E-state index is 10.7. The molecule has 0 aliphatic heterocycles. The van der Waals surface area contributed by atoms with Gasteiger partial charge >= 0.3 is 0 Å². The van der Waals surface area contributed by atoms with Gasteiger partial charge in [0.05, 0.1) is 30.0 Å². The van der Waals surface area contributed by atoms with E-state index in [0.29, 0.717) is 19.7 Å². The lowest BCUT2D eigenvalue weighted by Crippen LogP contribution is -2.04. The first kappa shape index (κ1) is 14.0. The van der Waals surface area contributed by atoms with Crippen LogP contribution in [0.5, 0.6) is 0 Å². The number of non-ortho nitro benzene ring substituents is 1. The molecular weight excluding hydrogens is 260 g/mol. The highest BCUT2D eigenvalue weighted by molar-refractivity contribution is 5.41. The van der Waals surface area contributed by atoms with Crippen LogP contribution < -0.4 is 5.32 Å². The highest BCUT2D eigenvalue weighted by atomic mass is 16.6. The summed E-state index contributed by atoms with van der Waals surface area (Å²) in [5.41, 5.74) is 1.82. The summed E-state index contributed by atoms with van der Waals surface area (Å²) in [5.74, 6) is 0. The summed E-state index contributed by atoms with van der Waals surface area (Å²) in [6.07, 6.45) is 3.59. The standard InChI is InChI=1S/C13H16N4O3/c1-20-6-5-16-10-12(9-15-16)14-8-11-3-2-4-13(7-11)17(18)19/h2-4,7,9-10,14H,5-6,8H2,1H3. The van der Waals surface area contributed by atoms with Gasteiger partial charge in [0.1, 0.15) is 0 Å². The number of methoxy groups -OCH3 is 1. The average Bonchev–Trinajstić information content (AvgIpc) is 2.91. The van der Waals surface area contributed by atoms with Gasteiger partial charge in [-0.05, 0) is 5.56 Å². The number of nitrogens with one attached hydrogen (secondary N) is 1. The van der Waals surface area contributed by atoms with E-state index in [1.54, 1.807) is 30.1 Å². The van der Waals surface area contributed by atoms with Crippen LogP contribution in [0.1, 0.15) is 5.56 Å². The van der Waals surface area contributed by atoms with Gasteiger partial charge in [-0.2, -0.15) is 5.10 Å². The smallest absolute Gasteiger partial charge is 0.269 e. The number of benzene rings is 1. The lowest BCUT2D eigenvalue weighted by Gasteiger charge is -2.03. The Bertz CT molecular complexity index is 583. The van der Waals surface area contributed by atoms with E-state index in [4.69, 9.17) is 4.74 Å². The van der Waals surface area contributed by atoms with E-state index >= 15 is 0 Å². The third kappa shape index (κ3) is 3.79. The first-order valence-corrected chi connectivity index (χ1v) is 6.17. The van der Waals surface area contributed by atoms with Crippen LogP contribution in [0.4, 0.5) is 11.4 Å². The summed E-state index contributed by atoms with van der Waals surface area (Å²) in [7, 11) is 1.64. The van der Waals surface area contributed by atoms with Crippen molar-refractivity contribution in [2.75, 3.05) is 19.0 Å². The van der Waals surface area contributed by atoms with Crippen molar-refractivity contribution in [3.8, 4) is 0 Å². The first-order valence-electron chi connectivity index (χ1n) is 6.17. The van der Waals surface area contributed by atoms with Crippen LogP contribution in [0, 0.1) is 10.1 Å². The van der Waals surface area contributed by atoms with E-state index in [-0.39, 0.29) is 5.69 Å². The van der Waals surface area contributed by atoms with Crippen molar-refractivity contribution in [3.63, 3.8) is 0 Å². The zero-order valence-corrected chi connectivity index (χ0v) is 11.2. The molecule has 20 heavy (non-hydrogen) atoms. The maximum Gasteiger partial charge on any atom is 0.269 e. The van der Waals surface area contributed by atoms with Crippen molar-refractivity contribution in [2.24, 2.45) is 0 Å². The number of hydrogen-bond donors (Lipinski definition) is 1. The predicted molar refractivity (Wildman–Crippen MR) is 74.5 cm³/mol. The molecule has 1 heterocycles. The molecule has 106 valence electrons. The van der Waals surface area contributed by atoms with Crippen LogP contribution in [0.3, 0.4) is 0 Å². The molecular formula is C13H16N4O3. The molecule has 0 saturated heterocycles. The minimum absolute atomic E-state index is 0.0973. The van der Waals surface area contributed by atoms with E-state index in [9.17, 15) is 10.1 Å². The average molecular weight is 276 g/mol. The molecule has 0 aliphatic carbocycles. The molecule has 0 aliphatic rings. The lowest BCUT2D eigenvalue weighted by atomic mass is 10.2. The fraction of sp³-hybridized carbons (Fsp3) is 0.308. The number of anilines is 1. The van der Waals surface area contributed by atoms with E-state index in [1.807, 2.05) is 12.3 Å². The summed E-state index contributed by atoms with van der Waals surface area (Å²) < 4.78 is 6.75. The third-order valence-electron chi connectivity index (χ3n) is 2.78. The lowest BCUT2D eigenvalue weighted by molar-refractivity contribution is -0.384. The number of ether oxygens (including phenoxy) is 1. The summed E-state index contributed by atoms with van der Waals surface area (Å²) in [4.78, 5) is 10.3. The summed E-state index contributed by atoms with van der Waals surface area (Å²) in [5, 5.41) is 18.0. The van der Waals surface area contributed by atoms with Gasteiger partial charge in [0.15, 0.2) is 0 Å². The Balaban J connectivity index is 1.93. The van der Waals surface area contributed by atoms with Crippen LogP contribution in [-0.2, 0) is 17.8 Å². The van der Waals surface area contributed by atoms with Crippen LogP contribution in [0.2, 0.25) is 0 Å². The molecule has 0 bridgehead atoms. The SMILES string of the molecule is COCCn1cc(NCc2cccc([N+](=O)[O-])c2)cn1. The van der Waals surface area contributed by atoms with Gasteiger partial charge in [0.2, 0.25) is 0 Å². The highest BCUT2D eigenvalue weighted by Gasteiger charge is 2.05. The summed E-state index contributed by atoms with van der Waals surface area (Å²) in [6.45, 7) is 1.80. The van der Waals surface area contributed by atoms with Gasteiger partial charge in [0.25, 0.3) is 5.69 Å². The van der Waals surface area contributed by atoms with Crippen LogP contribution >= 0.6 is 0 Å². The number of aromatic nitrogens is 2. The van der Waals surface area contributed by atoms with Gasteiger partial charge in [-0.1, -0.05) is 12.1 Å². The Morgan fingerprint density at radius 2 is 2.35 bits per heavy atom. The Labute approximate surface area is 116 Å². The van der Waals surface area contributed by atoms with E-state index in [1.165, 1.54) is 6.07 Å². The number of rotatable bonds is 7. The highest BCUT2D eigenvalue weighted by Crippen LogP contribution is 2.14. The van der Waals surface area contributed by atoms with Crippen molar-refractivity contribution < 1.29 is 9.66 Å². The predicted octanol–water partition coefficient (Wildman–Crippen LogP) is 2.05. The van der Waals surface area contributed by atoms with E-state index in [2.05, 4.69) is 10.4 Å². The van der Waals surface area contributed by atoms with Crippen LogP contribution in [0.15, 0.2) is 36.7 Å². The number of nitrogens with zero attached hydrogens (tertiary/aromatic N) is 3. The van der Waals surface area contributed by atoms with Gasteiger partial charge in [-0.3, -0.25) is 14.8 Å². The van der Waals surface area contributed by atoms with Crippen molar-refractivity contribution in [1.82, 2.24) is 9.78 Å². The summed E-state index contributed by atoms with van der Waals surface area (Å²) in [6, 6.07) is 6.56. The molecule has 1 aromatic carbocycles. The molecule has 7 nitrogen and oxygen atoms in total. The van der Waals surface area contributed by atoms with Crippen LogP contribution in [0.25, 0.3) is 0 Å². The Hall–Kier alpha value is -2.41. The molecule has 7 heteroatoms. The van der Waals surface area contributed by atoms with Gasteiger partial charge < -0.3 is 10.1 Å². The van der Waals surface area contributed by atoms with Gasteiger partial charge in [-0.25, -0.2) is 0 Å². The molecule has 0 radical (unpaired) electrons. The zero-order chi connectivity index (χ0) is 14.4. The second-order valence-corrected chi connectivity index (χ2v) is 4.27. The second kappa shape index (κ2) is 6.67. The monoisotopic (exact) mass is 276 g/mol. The van der Waals surface area contributed by atoms with Gasteiger partial charge in [0, 0.05) is 32.0 Å². The molecule has 0 atom stereocenters. The maximum atomic E-state index is 10.7. The zero-order valence-electron chi connectivity index (χ0n) is 11.2. The number of hydrogen-bond acceptors (Lipinski definition) is 5. The fourth-order valence-corrected chi connectivity index (χ4v) is 1.75. The molecule has 0 saturated carbocycles. The first-order chi connectivity index (χ1) is 9.69. The largest absolute Gasteiger partial charge is 0.383 e. The Kier molecular flexibility index (Phi) is 4.67. The van der Waals surface area contributed by atoms with Gasteiger partial charge in [-0.15, -0.1) is 0 Å². The molecule has 0 spiro atoms.